The minimum Gasteiger partial charge on any atom is -0.385 e. The summed E-state index contributed by atoms with van der Waals surface area (Å²) in [7, 11) is 1.66. The van der Waals surface area contributed by atoms with Crippen LogP contribution in [0.4, 0.5) is 10.1 Å². The molecule has 0 aliphatic rings. The van der Waals surface area contributed by atoms with Crippen LogP contribution in [0.2, 0.25) is 5.02 Å². The number of hydrogen-bond donors (Lipinski definition) is 1. The minimum atomic E-state index is -0.307. The fraction of sp³-hybridized carbons (Fsp3) is 0.500. The van der Waals surface area contributed by atoms with Crippen LogP contribution in [0, 0.1) is 5.82 Å². The van der Waals surface area contributed by atoms with Crippen molar-refractivity contribution in [3.05, 3.63) is 29.0 Å². The molecule has 0 aromatic heterocycles. The molecule has 5 heteroatoms. The van der Waals surface area contributed by atoms with Crippen molar-refractivity contribution < 1.29 is 13.9 Å². The van der Waals surface area contributed by atoms with E-state index in [0.29, 0.717) is 37.1 Å². The molecule has 0 bridgehead atoms. The van der Waals surface area contributed by atoms with Gasteiger partial charge in [-0.05, 0) is 24.6 Å². The van der Waals surface area contributed by atoms with E-state index < -0.39 is 0 Å². The van der Waals surface area contributed by atoms with Crippen LogP contribution < -0.4 is 5.32 Å². The molecule has 0 saturated carbocycles. The van der Waals surface area contributed by atoms with Crippen molar-refractivity contribution in [2.75, 3.05) is 38.8 Å². The molecule has 1 rings (SSSR count). The molecule has 1 aromatic rings. The number of hydrogen-bond acceptors (Lipinski definition) is 3. The summed E-state index contributed by atoms with van der Waals surface area (Å²) in [5.74, 6) is -0.307. The summed E-state index contributed by atoms with van der Waals surface area (Å²) in [5.41, 5.74) is 0.590. The van der Waals surface area contributed by atoms with Crippen LogP contribution in [0.25, 0.3) is 0 Å². The van der Waals surface area contributed by atoms with E-state index in [4.69, 9.17) is 21.1 Å². The Morgan fingerprint density at radius 1 is 1.29 bits per heavy atom. The van der Waals surface area contributed by atoms with E-state index in [-0.39, 0.29) is 5.82 Å². The van der Waals surface area contributed by atoms with Crippen LogP contribution in [0.1, 0.15) is 6.42 Å². The first-order valence-electron chi connectivity index (χ1n) is 5.49. The summed E-state index contributed by atoms with van der Waals surface area (Å²) < 4.78 is 23.2. The molecule has 1 N–H and O–H groups in total. The summed E-state index contributed by atoms with van der Waals surface area (Å²) in [6.07, 6.45) is 0.872. The number of nitrogens with one attached hydrogen (secondary N) is 1. The molecule has 0 radical (unpaired) electrons. The molecule has 3 nitrogen and oxygen atoms in total. The van der Waals surface area contributed by atoms with E-state index in [9.17, 15) is 4.39 Å². The second-order valence-corrected chi connectivity index (χ2v) is 3.92. The molecule has 0 amide bonds. The third-order valence-electron chi connectivity index (χ3n) is 2.13. The van der Waals surface area contributed by atoms with Gasteiger partial charge in [-0.15, -0.1) is 0 Å². The molecule has 0 aliphatic heterocycles. The van der Waals surface area contributed by atoms with E-state index in [1.165, 1.54) is 18.2 Å². The SMILES string of the molecule is COCCCOCCNc1cc(F)ccc1Cl. The van der Waals surface area contributed by atoms with Crippen molar-refractivity contribution in [2.24, 2.45) is 0 Å². The third-order valence-corrected chi connectivity index (χ3v) is 2.46. The molecular formula is C12H17ClFNO2. The predicted molar refractivity (Wildman–Crippen MR) is 67.2 cm³/mol. The highest BCUT2D eigenvalue weighted by molar-refractivity contribution is 6.33. The highest BCUT2D eigenvalue weighted by atomic mass is 35.5. The maximum atomic E-state index is 12.9. The molecule has 0 fully saturated rings. The van der Waals surface area contributed by atoms with Crippen LogP contribution in [-0.4, -0.2) is 33.5 Å². The molecule has 17 heavy (non-hydrogen) atoms. The van der Waals surface area contributed by atoms with Gasteiger partial charge in [-0.1, -0.05) is 11.6 Å². The first-order chi connectivity index (χ1) is 8.24. The lowest BCUT2D eigenvalue weighted by molar-refractivity contribution is 0.109. The second kappa shape index (κ2) is 8.28. The van der Waals surface area contributed by atoms with Crippen LogP contribution in [0.3, 0.4) is 0 Å². The largest absolute Gasteiger partial charge is 0.385 e. The topological polar surface area (TPSA) is 30.5 Å². The van der Waals surface area contributed by atoms with Gasteiger partial charge in [-0.25, -0.2) is 4.39 Å². The Balaban J connectivity index is 2.15. The Labute approximate surface area is 106 Å². The lowest BCUT2D eigenvalue weighted by Gasteiger charge is -2.09. The van der Waals surface area contributed by atoms with Gasteiger partial charge in [-0.3, -0.25) is 0 Å². The molecule has 0 heterocycles. The summed E-state index contributed by atoms with van der Waals surface area (Å²) >= 11 is 5.89. The van der Waals surface area contributed by atoms with Gasteiger partial charge in [0, 0.05) is 26.9 Å². The van der Waals surface area contributed by atoms with E-state index in [0.717, 1.165) is 6.42 Å². The van der Waals surface area contributed by atoms with E-state index in [1.807, 2.05) is 0 Å². The van der Waals surface area contributed by atoms with Gasteiger partial charge in [0.05, 0.1) is 17.3 Å². The number of anilines is 1. The standard InChI is InChI=1S/C12H17ClFNO2/c1-16-6-2-7-17-8-5-15-12-9-10(14)3-4-11(12)13/h3-4,9,15H,2,5-8H2,1H3. The van der Waals surface area contributed by atoms with Crippen LogP contribution >= 0.6 is 11.6 Å². The maximum Gasteiger partial charge on any atom is 0.125 e. The van der Waals surface area contributed by atoms with Crippen molar-refractivity contribution in [2.45, 2.75) is 6.42 Å². The average Bonchev–Trinajstić information content (AvgIpc) is 2.32. The molecular weight excluding hydrogens is 245 g/mol. The van der Waals surface area contributed by atoms with Crippen molar-refractivity contribution in [3.8, 4) is 0 Å². The van der Waals surface area contributed by atoms with Gasteiger partial charge in [0.2, 0.25) is 0 Å². The van der Waals surface area contributed by atoms with Crippen LogP contribution in [-0.2, 0) is 9.47 Å². The van der Waals surface area contributed by atoms with Crippen LogP contribution in [0.5, 0.6) is 0 Å². The smallest absolute Gasteiger partial charge is 0.125 e. The molecule has 0 saturated heterocycles. The second-order valence-electron chi connectivity index (χ2n) is 3.51. The monoisotopic (exact) mass is 261 g/mol. The Morgan fingerprint density at radius 3 is 2.88 bits per heavy atom. The first kappa shape index (κ1) is 14.2. The van der Waals surface area contributed by atoms with E-state index in [2.05, 4.69) is 5.32 Å². The van der Waals surface area contributed by atoms with Gasteiger partial charge >= 0.3 is 0 Å². The highest BCUT2D eigenvalue weighted by Crippen LogP contribution is 2.21. The minimum absolute atomic E-state index is 0.307. The van der Waals surface area contributed by atoms with Crippen molar-refractivity contribution >= 4 is 17.3 Å². The summed E-state index contributed by atoms with van der Waals surface area (Å²) in [5, 5.41) is 3.52. The Hall–Kier alpha value is -0.840. The van der Waals surface area contributed by atoms with Crippen molar-refractivity contribution in [1.29, 1.82) is 0 Å². The van der Waals surface area contributed by atoms with E-state index in [1.54, 1.807) is 7.11 Å². The number of rotatable bonds is 8. The highest BCUT2D eigenvalue weighted by Gasteiger charge is 2.00. The number of benzene rings is 1. The van der Waals surface area contributed by atoms with Gasteiger partial charge in [0.25, 0.3) is 0 Å². The first-order valence-corrected chi connectivity index (χ1v) is 5.87. The summed E-state index contributed by atoms with van der Waals surface area (Å²) in [6, 6.07) is 4.22. The third kappa shape index (κ3) is 5.86. The van der Waals surface area contributed by atoms with Gasteiger partial charge in [0.15, 0.2) is 0 Å². The van der Waals surface area contributed by atoms with Gasteiger partial charge in [0.1, 0.15) is 5.82 Å². The zero-order valence-electron chi connectivity index (χ0n) is 9.84. The number of methoxy groups -OCH3 is 1. The fourth-order valence-corrected chi connectivity index (χ4v) is 1.48. The Morgan fingerprint density at radius 2 is 2.12 bits per heavy atom. The lowest BCUT2D eigenvalue weighted by atomic mass is 10.3. The molecule has 0 atom stereocenters. The number of ether oxygens (including phenoxy) is 2. The van der Waals surface area contributed by atoms with E-state index >= 15 is 0 Å². The normalized spacial score (nSPS) is 10.5. The predicted octanol–water partition coefficient (Wildman–Crippen LogP) is 2.94. The maximum absolute atomic E-state index is 12.9. The van der Waals surface area contributed by atoms with Crippen molar-refractivity contribution in [3.63, 3.8) is 0 Å². The average molecular weight is 262 g/mol. The number of halogens is 2. The zero-order valence-corrected chi connectivity index (χ0v) is 10.6. The molecule has 0 unspecified atom stereocenters. The summed E-state index contributed by atoms with van der Waals surface area (Å²) in [4.78, 5) is 0. The van der Waals surface area contributed by atoms with Crippen molar-refractivity contribution in [1.82, 2.24) is 0 Å². The lowest BCUT2D eigenvalue weighted by Crippen LogP contribution is -2.11. The Kier molecular flexibility index (Phi) is 6.93. The molecule has 0 aliphatic carbocycles. The van der Waals surface area contributed by atoms with Gasteiger partial charge in [-0.2, -0.15) is 0 Å². The Bertz CT molecular complexity index is 336. The molecule has 0 spiro atoms. The van der Waals surface area contributed by atoms with Gasteiger partial charge < -0.3 is 14.8 Å². The molecule has 1 aromatic carbocycles. The summed E-state index contributed by atoms with van der Waals surface area (Å²) in [6.45, 7) is 2.50. The van der Waals surface area contributed by atoms with Crippen LogP contribution in [0.15, 0.2) is 18.2 Å². The quantitative estimate of drug-likeness (QED) is 0.730. The molecule has 96 valence electrons. The fourth-order valence-electron chi connectivity index (χ4n) is 1.30. The zero-order chi connectivity index (χ0) is 12.5.